The Morgan fingerprint density at radius 3 is 2.50 bits per heavy atom. The molecule has 138 valence electrons. The Labute approximate surface area is 154 Å². The molecule has 0 aliphatic carbocycles. The molecule has 0 aromatic heterocycles. The number of hydrogen-bond acceptors (Lipinski definition) is 3. The van der Waals surface area contributed by atoms with Gasteiger partial charge in [-0.05, 0) is 35.9 Å². The molecule has 0 unspecified atom stereocenters. The molecule has 0 radical (unpaired) electrons. The number of amides is 2. The first-order chi connectivity index (χ1) is 12.3. The van der Waals surface area contributed by atoms with Gasteiger partial charge in [0.15, 0.2) is 0 Å². The number of benzene rings is 2. The van der Waals surface area contributed by atoms with Crippen LogP contribution in [-0.4, -0.2) is 36.9 Å². The average molecular weight is 383 g/mol. The van der Waals surface area contributed by atoms with Crippen molar-refractivity contribution in [1.29, 1.82) is 0 Å². The van der Waals surface area contributed by atoms with Crippen molar-refractivity contribution in [3.63, 3.8) is 0 Å². The number of carbonyl (C=O) groups is 2. The number of nitrogens with one attached hydrogen (secondary N) is 1. The van der Waals surface area contributed by atoms with Gasteiger partial charge in [-0.3, -0.25) is 9.59 Å². The van der Waals surface area contributed by atoms with E-state index in [4.69, 9.17) is 11.6 Å². The first-order valence-corrected chi connectivity index (χ1v) is 8.04. The summed E-state index contributed by atoms with van der Waals surface area (Å²) in [5.74, 6) is -0.650. The molecule has 5 nitrogen and oxygen atoms in total. The summed E-state index contributed by atoms with van der Waals surface area (Å²) in [5.41, 5.74) is 1.10. The highest BCUT2D eigenvalue weighted by Gasteiger charge is 2.13. The normalized spacial score (nSPS) is 10.5. The van der Waals surface area contributed by atoms with Gasteiger partial charge in [-0.2, -0.15) is 8.78 Å². The van der Waals surface area contributed by atoms with E-state index in [1.54, 1.807) is 37.4 Å². The molecule has 8 heteroatoms. The van der Waals surface area contributed by atoms with Gasteiger partial charge in [0.1, 0.15) is 5.75 Å². The van der Waals surface area contributed by atoms with Crippen LogP contribution in [0.2, 0.25) is 5.02 Å². The lowest BCUT2D eigenvalue weighted by atomic mass is 10.2. The molecule has 2 aromatic carbocycles. The Morgan fingerprint density at radius 1 is 1.19 bits per heavy atom. The number of likely N-dealkylation sites (N-methyl/N-ethyl adjacent to an activating group) is 1. The lowest BCUT2D eigenvalue weighted by Gasteiger charge is -2.18. The Bertz CT molecular complexity index is 769. The quantitative estimate of drug-likeness (QED) is 0.799. The summed E-state index contributed by atoms with van der Waals surface area (Å²) >= 11 is 5.83. The molecule has 0 fully saturated rings. The highest BCUT2D eigenvalue weighted by Crippen LogP contribution is 2.16. The van der Waals surface area contributed by atoms with E-state index < -0.39 is 12.5 Å². The van der Waals surface area contributed by atoms with Crippen LogP contribution < -0.4 is 10.1 Å². The Morgan fingerprint density at radius 2 is 1.88 bits per heavy atom. The molecule has 0 aliphatic rings. The summed E-state index contributed by atoms with van der Waals surface area (Å²) in [6, 6.07) is 12.4. The zero-order valence-electron chi connectivity index (χ0n) is 13.9. The van der Waals surface area contributed by atoms with Gasteiger partial charge in [-0.1, -0.05) is 29.8 Å². The first kappa shape index (κ1) is 19.7. The zero-order chi connectivity index (χ0) is 19.1. The largest absolute Gasteiger partial charge is 0.435 e. The molecule has 26 heavy (non-hydrogen) atoms. The molecule has 2 aromatic rings. The van der Waals surface area contributed by atoms with Crippen LogP contribution in [0.3, 0.4) is 0 Å². The van der Waals surface area contributed by atoms with Crippen molar-refractivity contribution in [1.82, 2.24) is 10.2 Å². The molecular weight excluding hydrogens is 366 g/mol. The molecular formula is C18H17ClF2N2O3. The maximum atomic E-state index is 12.1. The van der Waals surface area contributed by atoms with E-state index in [9.17, 15) is 18.4 Å². The zero-order valence-corrected chi connectivity index (χ0v) is 14.7. The monoisotopic (exact) mass is 382 g/mol. The number of nitrogens with zero attached hydrogens (tertiary/aromatic N) is 1. The van der Waals surface area contributed by atoms with Gasteiger partial charge >= 0.3 is 6.61 Å². The second kappa shape index (κ2) is 9.15. The fourth-order valence-corrected chi connectivity index (χ4v) is 2.35. The van der Waals surface area contributed by atoms with Gasteiger partial charge in [-0.15, -0.1) is 0 Å². The Balaban J connectivity index is 1.84. The lowest BCUT2D eigenvalue weighted by molar-refractivity contribution is -0.129. The SMILES string of the molecule is CN(Cc1ccc(OC(F)F)cc1)C(=O)CNC(=O)c1cccc(Cl)c1. The average Bonchev–Trinajstić information content (AvgIpc) is 2.60. The highest BCUT2D eigenvalue weighted by atomic mass is 35.5. The summed E-state index contributed by atoms with van der Waals surface area (Å²) in [6.45, 7) is -2.79. The molecule has 0 saturated carbocycles. The van der Waals surface area contributed by atoms with Crippen molar-refractivity contribution in [3.05, 3.63) is 64.7 Å². The van der Waals surface area contributed by atoms with Crippen LogP contribution in [0.5, 0.6) is 5.75 Å². The number of halogens is 3. The van der Waals surface area contributed by atoms with E-state index >= 15 is 0 Å². The molecule has 0 saturated heterocycles. The molecule has 1 N–H and O–H groups in total. The minimum atomic E-state index is -2.88. The van der Waals surface area contributed by atoms with E-state index in [0.717, 1.165) is 5.56 Å². The third kappa shape index (κ3) is 6.00. The molecule has 2 rings (SSSR count). The molecule has 0 spiro atoms. The number of alkyl halides is 2. The minimum Gasteiger partial charge on any atom is -0.435 e. The van der Waals surface area contributed by atoms with Crippen LogP contribution in [0, 0.1) is 0 Å². The van der Waals surface area contributed by atoms with E-state index in [0.29, 0.717) is 10.6 Å². The van der Waals surface area contributed by atoms with E-state index in [2.05, 4.69) is 10.1 Å². The Hall–Kier alpha value is -2.67. The predicted molar refractivity (Wildman–Crippen MR) is 93.3 cm³/mol. The molecule has 0 atom stereocenters. The second-order valence-corrected chi connectivity index (χ2v) is 5.90. The van der Waals surface area contributed by atoms with Gasteiger partial charge in [0.2, 0.25) is 5.91 Å². The standard InChI is InChI=1S/C18H17ClF2N2O3/c1-23(11-12-5-7-15(8-6-12)26-18(20)21)16(24)10-22-17(25)13-3-2-4-14(19)9-13/h2-9,18H,10-11H2,1H3,(H,22,25). The van der Waals surface area contributed by atoms with Crippen LogP contribution in [-0.2, 0) is 11.3 Å². The van der Waals surface area contributed by atoms with Crippen molar-refractivity contribution in [3.8, 4) is 5.75 Å². The number of ether oxygens (including phenoxy) is 1. The van der Waals surface area contributed by atoms with Gasteiger partial charge in [0.25, 0.3) is 5.91 Å². The predicted octanol–water partition coefficient (Wildman–Crippen LogP) is 3.33. The molecule has 0 aliphatic heterocycles. The van der Waals surface area contributed by atoms with E-state index in [1.165, 1.54) is 23.1 Å². The topological polar surface area (TPSA) is 58.6 Å². The third-order valence-corrected chi connectivity index (χ3v) is 3.72. The smallest absolute Gasteiger partial charge is 0.387 e. The van der Waals surface area contributed by atoms with E-state index in [-0.39, 0.29) is 24.7 Å². The van der Waals surface area contributed by atoms with Crippen molar-refractivity contribution in [2.75, 3.05) is 13.6 Å². The lowest BCUT2D eigenvalue weighted by Crippen LogP contribution is -2.37. The number of carbonyl (C=O) groups excluding carboxylic acids is 2. The fraction of sp³-hybridized carbons (Fsp3) is 0.222. The van der Waals surface area contributed by atoms with Gasteiger partial charge in [0, 0.05) is 24.2 Å². The van der Waals surface area contributed by atoms with E-state index in [1.807, 2.05) is 0 Å². The summed E-state index contributed by atoms with van der Waals surface area (Å²) in [7, 11) is 1.58. The van der Waals surface area contributed by atoms with Crippen LogP contribution in [0.25, 0.3) is 0 Å². The summed E-state index contributed by atoms with van der Waals surface area (Å²) in [6.07, 6.45) is 0. The minimum absolute atomic E-state index is 0.0477. The van der Waals surface area contributed by atoms with Crippen LogP contribution in [0.1, 0.15) is 15.9 Å². The molecule has 0 bridgehead atoms. The second-order valence-electron chi connectivity index (χ2n) is 5.47. The van der Waals surface area contributed by atoms with Crippen LogP contribution in [0.15, 0.2) is 48.5 Å². The maximum absolute atomic E-state index is 12.1. The third-order valence-electron chi connectivity index (χ3n) is 3.48. The summed E-state index contributed by atoms with van der Waals surface area (Å²) in [5, 5.41) is 2.96. The van der Waals surface area contributed by atoms with Crippen LogP contribution in [0.4, 0.5) is 8.78 Å². The molecule has 0 heterocycles. The first-order valence-electron chi connectivity index (χ1n) is 7.66. The fourth-order valence-electron chi connectivity index (χ4n) is 2.16. The Kier molecular flexibility index (Phi) is 6.91. The summed E-state index contributed by atoms with van der Waals surface area (Å²) in [4.78, 5) is 25.5. The summed E-state index contributed by atoms with van der Waals surface area (Å²) < 4.78 is 28.5. The molecule has 2 amide bonds. The van der Waals surface area contributed by atoms with Gasteiger partial charge in [0.05, 0.1) is 6.54 Å². The van der Waals surface area contributed by atoms with Crippen molar-refractivity contribution >= 4 is 23.4 Å². The van der Waals surface area contributed by atoms with Gasteiger partial charge < -0.3 is 15.0 Å². The van der Waals surface area contributed by atoms with Crippen LogP contribution >= 0.6 is 11.6 Å². The van der Waals surface area contributed by atoms with Crippen molar-refractivity contribution < 1.29 is 23.1 Å². The highest BCUT2D eigenvalue weighted by molar-refractivity contribution is 6.30. The van der Waals surface area contributed by atoms with Gasteiger partial charge in [-0.25, -0.2) is 0 Å². The maximum Gasteiger partial charge on any atom is 0.387 e. The van der Waals surface area contributed by atoms with Crippen molar-refractivity contribution in [2.45, 2.75) is 13.2 Å². The number of rotatable bonds is 7. The van der Waals surface area contributed by atoms with Crippen molar-refractivity contribution in [2.24, 2.45) is 0 Å². The number of hydrogen-bond donors (Lipinski definition) is 1.